The number of phenols is 1. The minimum absolute atomic E-state index is 0.0367. The first kappa shape index (κ1) is 27.4. The van der Waals surface area contributed by atoms with Crippen LogP contribution in [0.4, 0.5) is 0 Å². The predicted octanol–water partition coefficient (Wildman–Crippen LogP) is 4.83. The number of para-hydroxylation sites is 1. The fourth-order valence-electron chi connectivity index (χ4n) is 4.64. The molecule has 0 fully saturated rings. The topological polar surface area (TPSA) is 131 Å². The maximum atomic E-state index is 13.2. The molecule has 0 saturated carbocycles. The third-order valence-corrected chi connectivity index (χ3v) is 6.54. The lowest BCUT2D eigenvalue weighted by atomic mass is 9.91. The summed E-state index contributed by atoms with van der Waals surface area (Å²) in [6.45, 7) is 1.91. The molecular weight excluding hydrogens is 502 g/mol. The highest BCUT2D eigenvalue weighted by molar-refractivity contribution is 5.77. The highest BCUT2D eigenvalue weighted by atomic mass is 16.5. The Morgan fingerprint density at radius 2 is 1.74 bits per heavy atom. The molecule has 0 aliphatic heterocycles. The van der Waals surface area contributed by atoms with Gasteiger partial charge in [0.05, 0.1) is 26.4 Å². The number of benzene rings is 2. The molecule has 9 heteroatoms. The molecule has 2 aromatic heterocycles. The number of rotatable bonds is 11. The molecule has 2 unspecified atom stereocenters. The molecule has 2 heterocycles. The van der Waals surface area contributed by atoms with Gasteiger partial charge in [-0.25, -0.2) is 0 Å². The van der Waals surface area contributed by atoms with Crippen LogP contribution in [-0.2, 0) is 4.79 Å². The summed E-state index contributed by atoms with van der Waals surface area (Å²) in [5.41, 5.74) is 0.846. The Kier molecular flexibility index (Phi) is 8.60. The van der Waals surface area contributed by atoms with Gasteiger partial charge in [0.25, 0.3) is 0 Å². The van der Waals surface area contributed by atoms with Crippen molar-refractivity contribution in [2.75, 3.05) is 20.8 Å². The number of carbonyl (C=O) groups excluding carboxylic acids is 1. The van der Waals surface area contributed by atoms with Gasteiger partial charge in [-0.05, 0) is 49.2 Å². The van der Waals surface area contributed by atoms with Gasteiger partial charge >= 0.3 is 0 Å². The first-order valence-corrected chi connectivity index (χ1v) is 12.5. The number of nitrogens with one attached hydrogen (secondary N) is 1. The first-order chi connectivity index (χ1) is 18.8. The van der Waals surface area contributed by atoms with Crippen molar-refractivity contribution in [1.29, 1.82) is 0 Å². The molecule has 1 amide bonds. The summed E-state index contributed by atoms with van der Waals surface area (Å²) in [4.78, 5) is 25.5. The Hall–Kier alpha value is -4.66. The van der Waals surface area contributed by atoms with Crippen molar-refractivity contribution in [3.8, 4) is 23.0 Å². The lowest BCUT2D eigenvalue weighted by Gasteiger charge is -2.20. The number of aromatic hydroxyl groups is 2. The van der Waals surface area contributed by atoms with E-state index >= 15 is 0 Å². The van der Waals surface area contributed by atoms with Crippen LogP contribution in [0.1, 0.15) is 53.1 Å². The quantitative estimate of drug-likeness (QED) is 0.250. The van der Waals surface area contributed by atoms with Crippen LogP contribution in [0.5, 0.6) is 23.0 Å². The highest BCUT2D eigenvalue weighted by Gasteiger charge is 2.27. The minimum Gasteiger partial charge on any atom is -0.504 e. The van der Waals surface area contributed by atoms with Gasteiger partial charge in [-0.2, -0.15) is 0 Å². The average Bonchev–Trinajstić information content (AvgIpc) is 3.47. The van der Waals surface area contributed by atoms with E-state index in [1.165, 1.54) is 19.2 Å². The smallest absolute Gasteiger partial charge is 0.227 e. The standard InChI is InChI=1S/C30H31NO8/c1-18-15-24(33)29(35)30(39-18)22(19-10-11-23(32)27(16-19)37-3)17-28(34)31-13-12-21(26-9-6-14-38-26)20-7-4-5-8-25(20)36-2/h4-11,14-16,21-22,32,35H,12-13,17H2,1-3H3,(H,31,34). The SMILES string of the molecule is COc1cc(C(CC(=O)NCCC(c2ccco2)c2ccccc2OC)c2oc(C)cc(=O)c2O)ccc1O. The molecule has 0 aliphatic rings. The molecule has 0 radical (unpaired) electrons. The molecule has 9 nitrogen and oxygen atoms in total. The zero-order valence-corrected chi connectivity index (χ0v) is 22.0. The van der Waals surface area contributed by atoms with E-state index in [9.17, 15) is 19.8 Å². The maximum absolute atomic E-state index is 13.2. The Labute approximate surface area is 225 Å². The van der Waals surface area contributed by atoms with Crippen LogP contribution in [0, 0.1) is 6.92 Å². The summed E-state index contributed by atoms with van der Waals surface area (Å²) < 4.78 is 22.2. The zero-order chi connectivity index (χ0) is 27.9. The van der Waals surface area contributed by atoms with Crippen molar-refractivity contribution in [2.45, 2.75) is 31.6 Å². The number of methoxy groups -OCH3 is 2. The van der Waals surface area contributed by atoms with Crippen molar-refractivity contribution in [1.82, 2.24) is 5.32 Å². The third-order valence-electron chi connectivity index (χ3n) is 6.54. The summed E-state index contributed by atoms with van der Waals surface area (Å²) in [7, 11) is 3.01. The van der Waals surface area contributed by atoms with E-state index in [4.69, 9.17) is 18.3 Å². The number of hydrogen-bond donors (Lipinski definition) is 3. The van der Waals surface area contributed by atoms with E-state index in [1.807, 2.05) is 36.4 Å². The van der Waals surface area contributed by atoms with Gasteiger partial charge in [0.15, 0.2) is 17.3 Å². The third kappa shape index (κ3) is 6.26. The molecule has 204 valence electrons. The molecule has 0 bridgehead atoms. The van der Waals surface area contributed by atoms with Gasteiger partial charge in [0, 0.05) is 30.5 Å². The van der Waals surface area contributed by atoms with E-state index < -0.39 is 17.1 Å². The number of hydrogen-bond acceptors (Lipinski definition) is 8. The van der Waals surface area contributed by atoms with Crippen molar-refractivity contribution in [3.63, 3.8) is 0 Å². The van der Waals surface area contributed by atoms with Gasteiger partial charge in [-0.3, -0.25) is 9.59 Å². The van der Waals surface area contributed by atoms with E-state index in [2.05, 4.69) is 5.32 Å². The molecule has 0 aliphatic carbocycles. The van der Waals surface area contributed by atoms with E-state index in [1.54, 1.807) is 32.4 Å². The summed E-state index contributed by atoms with van der Waals surface area (Å²) in [6.07, 6.45) is 2.00. The molecule has 2 atom stereocenters. The Balaban J connectivity index is 1.56. The Bertz CT molecular complexity index is 1470. The minimum atomic E-state index is -0.817. The number of amides is 1. The second-order valence-electron chi connectivity index (χ2n) is 9.07. The van der Waals surface area contributed by atoms with Crippen LogP contribution >= 0.6 is 0 Å². The lowest BCUT2D eigenvalue weighted by molar-refractivity contribution is -0.121. The van der Waals surface area contributed by atoms with Crippen LogP contribution in [-0.4, -0.2) is 36.9 Å². The molecule has 3 N–H and O–H groups in total. The second kappa shape index (κ2) is 12.3. The van der Waals surface area contributed by atoms with E-state index in [0.29, 0.717) is 24.3 Å². The summed E-state index contributed by atoms with van der Waals surface area (Å²) in [6, 6.07) is 17.1. The predicted molar refractivity (Wildman–Crippen MR) is 144 cm³/mol. The summed E-state index contributed by atoms with van der Waals surface area (Å²) >= 11 is 0. The number of carbonyl (C=O) groups is 1. The average molecular weight is 534 g/mol. The van der Waals surface area contributed by atoms with Gasteiger partial charge < -0.3 is 33.8 Å². The Morgan fingerprint density at radius 1 is 0.974 bits per heavy atom. The normalized spacial score (nSPS) is 12.5. The first-order valence-electron chi connectivity index (χ1n) is 12.5. The summed E-state index contributed by atoms with van der Waals surface area (Å²) in [5, 5.41) is 23.5. The molecule has 2 aromatic carbocycles. The van der Waals surface area contributed by atoms with Gasteiger partial charge in [0.1, 0.15) is 17.3 Å². The largest absolute Gasteiger partial charge is 0.504 e. The van der Waals surface area contributed by atoms with Crippen molar-refractivity contribution in [2.24, 2.45) is 0 Å². The number of aryl methyl sites for hydroxylation is 1. The number of ether oxygens (including phenoxy) is 2. The van der Waals surface area contributed by atoms with Crippen molar-refractivity contribution < 1.29 is 33.3 Å². The lowest BCUT2D eigenvalue weighted by Crippen LogP contribution is -2.28. The molecule has 39 heavy (non-hydrogen) atoms. The van der Waals surface area contributed by atoms with E-state index in [0.717, 1.165) is 17.1 Å². The van der Waals surface area contributed by atoms with Crippen molar-refractivity contribution in [3.05, 3.63) is 106 Å². The summed E-state index contributed by atoms with van der Waals surface area (Å²) in [5.74, 6) is -0.0497. The fraction of sp³-hybridized carbons (Fsp3) is 0.267. The zero-order valence-electron chi connectivity index (χ0n) is 22.0. The number of phenolic OH excluding ortho intramolecular Hbond substituents is 1. The molecule has 4 aromatic rings. The van der Waals surface area contributed by atoms with Crippen LogP contribution in [0.2, 0.25) is 0 Å². The number of furan rings is 1. The van der Waals surface area contributed by atoms with Gasteiger partial charge in [-0.15, -0.1) is 0 Å². The van der Waals surface area contributed by atoms with E-state index in [-0.39, 0.29) is 35.5 Å². The molecular formula is C30H31NO8. The molecule has 4 rings (SSSR count). The van der Waals surface area contributed by atoms with Crippen molar-refractivity contribution >= 4 is 5.91 Å². The van der Waals surface area contributed by atoms with Crippen LogP contribution in [0.25, 0.3) is 0 Å². The van der Waals surface area contributed by atoms with Crippen LogP contribution in [0.15, 0.2) is 80.6 Å². The maximum Gasteiger partial charge on any atom is 0.227 e. The van der Waals surface area contributed by atoms with Crippen LogP contribution < -0.4 is 20.2 Å². The van der Waals surface area contributed by atoms with Gasteiger partial charge in [-0.1, -0.05) is 24.3 Å². The Morgan fingerprint density at radius 3 is 2.46 bits per heavy atom. The fourth-order valence-corrected chi connectivity index (χ4v) is 4.64. The monoisotopic (exact) mass is 533 g/mol. The molecule has 0 saturated heterocycles. The second-order valence-corrected chi connectivity index (χ2v) is 9.07. The molecule has 0 spiro atoms. The van der Waals surface area contributed by atoms with Gasteiger partial charge in [0.2, 0.25) is 17.1 Å². The highest BCUT2D eigenvalue weighted by Crippen LogP contribution is 2.37. The van der Waals surface area contributed by atoms with Crippen LogP contribution in [0.3, 0.4) is 0 Å².